The van der Waals surface area contributed by atoms with Crippen LogP contribution in [0.25, 0.3) is 5.57 Å². The molecule has 0 aromatic heterocycles. The van der Waals surface area contributed by atoms with Crippen LogP contribution in [0, 0.1) is 28.5 Å². The molecule has 14 heteroatoms. The molecule has 0 radical (unpaired) electrons. The van der Waals surface area contributed by atoms with Gasteiger partial charge >= 0.3 is 18.4 Å². The van der Waals surface area contributed by atoms with Crippen molar-refractivity contribution in [2.45, 2.75) is 12.4 Å². The smallest absolute Gasteiger partial charge is 0.409 e. The van der Waals surface area contributed by atoms with Gasteiger partial charge in [0.25, 0.3) is 0 Å². The number of alkyl halides is 6. The minimum Gasteiger partial charge on any atom is -0.409 e. The molecule has 206 valence electrons. The molecule has 2 aromatic rings. The van der Waals surface area contributed by atoms with Gasteiger partial charge in [-0.15, -0.1) is 0 Å². The summed E-state index contributed by atoms with van der Waals surface area (Å²) >= 11 is 0. The predicted molar refractivity (Wildman–Crippen MR) is 131 cm³/mol. The zero-order valence-corrected chi connectivity index (χ0v) is 20.0. The van der Waals surface area contributed by atoms with Crippen molar-refractivity contribution >= 4 is 29.8 Å². The Hall–Kier alpha value is -4.80. The van der Waals surface area contributed by atoms with Crippen LogP contribution in [-0.2, 0) is 12.4 Å². The van der Waals surface area contributed by atoms with Crippen LogP contribution < -0.4 is 20.7 Å². The largest absolute Gasteiger partial charge is 0.420 e. The molecule has 7 nitrogen and oxygen atoms in total. The standard InChI is InChI=1S/C25H20F7N5O2/c1-37(19-6-4-18(26)5-7-19)23(38)39-22-20(9-17(24(27,28)29)10-21(22)25(30,31)32)16(13-35)14-36-8-2-3-15(11-33)12-34/h4-7,9-14,33,35-36H,8,34H2,1H3/b15-12-,16-14+,33-11?,35-13?. The third-order valence-electron chi connectivity index (χ3n) is 4.88. The highest BCUT2D eigenvalue weighted by Gasteiger charge is 2.41. The SMILES string of the molecule is CN(C(=O)Oc1c(/C(C=N)=C/NCC#C/C(C=N)=C/N)cc(C(F)(F)F)cc1C(F)(F)F)c1ccc(F)cc1. The van der Waals surface area contributed by atoms with Crippen LogP contribution >= 0.6 is 0 Å². The Morgan fingerprint density at radius 2 is 1.72 bits per heavy atom. The normalized spacial score (nSPS) is 12.2. The number of hydrogen-bond acceptors (Lipinski definition) is 6. The molecule has 2 rings (SSSR count). The van der Waals surface area contributed by atoms with E-state index in [0.717, 1.165) is 49.9 Å². The number of hydrogen-bond donors (Lipinski definition) is 4. The first-order chi connectivity index (χ1) is 18.2. The number of anilines is 1. The monoisotopic (exact) mass is 555 g/mol. The molecule has 0 unspecified atom stereocenters. The Kier molecular flexibility index (Phi) is 9.86. The number of amides is 1. The number of carbonyl (C=O) groups excluding carboxylic acids is 1. The maximum absolute atomic E-state index is 13.9. The molecule has 0 fully saturated rings. The molecular formula is C25H20F7N5O2. The van der Waals surface area contributed by atoms with E-state index in [2.05, 4.69) is 17.2 Å². The molecule has 0 atom stereocenters. The van der Waals surface area contributed by atoms with Crippen molar-refractivity contribution in [2.75, 3.05) is 18.5 Å². The summed E-state index contributed by atoms with van der Waals surface area (Å²) in [6.45, 7) is -0.198. The second-order valence-corrected chi connectivity index (χ2v) is 7.49. The molecule has 39 heavy (non-hydrogen) atoms. The first-order valence-corrected chi connectivity index (χ1v) is 10.6. The summed E-state index contributed by atoms with van der Waals surface area (Å²) in [5.41, 5.74) is 0.405. The molecule has 0 aliphatic rings. The second-order valence-electron chi connectivity index (χ2n) is 7.49. The van der Waals surface area contributed by atoms with Crippen LogP contribution in [0.3, 0.4) is 0 Å². The zero-order valence-electron chi connectivity index (χ0n) is 20.0. The lowest BCUT2D eigenvalue weighted by Gasteiger charge is -2.22. The minimum absolute atomic E-state index is 0.0160. The van der Waals surface area contributed by atoms with Gasteiger partial charge in [0.05, 0.1) is 23.2 Å². The van der Waals surface area contributed by atoms with Crippen LogP contribution in [0.2, 0.25) is 0 Å². The highest BCUT2D eigenvalue weighted by molar-refractivity contribution is 6.10. The third kappa shape index (κ3) is 8.09. The lowest BCUT2D eigenvalue weighted by molar-refractivity contribution is -0.143. The van der Waals surface area contributed by atoms with Gasteiger partial charge in [0, 0.05) is 48.7 Å². The fourth-order valence-electron chi connectivity index (χ4n) is 2.93. The Balaban J connectivity index is 2.63. The molecule has 0 spiro atoms. The Morgan fingerprint density at radius 1 is 1.08 bits per heavy atom. The number of nitrogens with two attached hydrogens (primary N) is 1. The van der Waals surface area contributed by atoms with E-state index in [9.17, 15) is 35.5 Å². The van der Waals surface area contributed by atoms with Crippen molar-refractivity contribution in [2.24, 2.45) is 5.73 Å². The highest BCUT2D eigenvalue weighted by Crippen LogP contribution is 2.44. The molecule has 0 saturated carbocycles. The molecule has 5 N–H and O–H groups in total. The predicted octanol–water partition coefficient (Wildman–Crippen LogP) is 5.57. The Morgan fingerprint density at radius 3 is 2.23 bits per heavy atom. The fourth-order valence-corrected chi connectivity index (χ4v) is 2.93. The van der Waals surface area contributed by atoms with E-state index < -0.39 is 52.3 Å². The van der Waals surface area contributed by atoms with Crippen molar-refractivity contribution in [3.05, 3.63) is 76.9 Å². The molecule has 0 aliphatic heterocycles. The number of benzene rings is 2. The van der Waals surface area contributed by atoms with Gasteiger partial charge in [-0.05, 0) is 36.4 Å². The average molecular weight is 555 g/mol. The van der Waals surface area contributed by atoms with Gasteiger partial charge in [-0.1, -0.05) is 11.8 Å². The van der Waals surface area contributed by atoms with Gasteiger partial charge in [-0.25, -0.2) is 9.18 Å². The van der Waals surface area contributed by atoms with E-state index in [1.807, 2.05) is 0 Å². The van der Waals surface area contributed by atoms with Crippen molar-refractivity contribution < 1.29 is 40.3 Å². The summed E-state index contributed by atoms with van der Waals surface area (Å²) in [6.07, 6.45) is -8.77. The summed E-state index contributed by atoms with van der Waals surface area (Å²) in [6, 6.07) is 4.32. The maximum Gasteiger partial charge on any atom is 0.420 e. The topological polar surface area (TPSA) is 115 Å². The van der Waals surface area contributed by atoms with Crippen molar-refractivity contribution in [3.8, 4) is 17.6 Å². The molecule has 0 aliphatic carbocycles. The Bertz CT molecular complexity index is 1350. The van der Waals surface area contributed by atoms with Gasteiger partial charge in [-0.3, -0.25) is 4.90 Å². The quantitative estimate of drug-likeness (QED) is 0.155. The fraction of sp³-hybridized carbons (Fsp3) is 0.160. The molecule has 0 heterocycles. The zero-order chi connectivity index (χ0) is 29.4. The average Bonchev–Trinajstić information content (AvgIpc) is 2.87. The number of nitrogens with one attached hydrogen (secondary N) is 3. The summed E-state index contributed by atoms with van der Waals surface area (Å²) in [5, 5.41) is 17.2. The van der Waals surface area contributed by atoms with Crippen molar-refractivity contribution in [1.29, 1.82) is 10.8 Å². The van der Waals surface area contributed by atoms with Gasteiger partial charge in [0.1, 0.15) is 5.82 Å². The molecule has 1 amide bonds. The molecule has 2 aromatic carbocycles. The number of carbonyl (C=O) groups is 1. The van der Waals surface area contributed by atoms with E-state index in [1.54, 1.807) is 0 Å². The van der Waals surface area contributed by atoms with Crippen molar-refractivity contribution in [3.63, 3.8) is 0 Å². The highest BCUT2D eigenvalue weighted by atomic mass is 19.4. The summed E-state index contributed by atoms with van der Waals surface area (Å²) in [4.78, 5) is 13.4. The van der Waals surface area contributed by atoms with Gasteiger partial charge in [0.15, 0.2) is 5.75 Å². The van der Waals surface area contributed by atoms with E-state index in [-0.39, 0.29) is 23.9 Å². The van der Waals surface area contributed by atoms with Crippen LogP contribution in [0.4, 0.5) is 41.2 Å². The summed E-state index contributed by atoms with van der Waals surface area (Å²) < 4.78 is 100. The first-order valence-electron chi connectivity index (χ1n) is 10.6. The Labute approximate surface area is 217 Å². The van der Waals surface area contributed by atoms with Crippen LogP contribution in [-0.4, -0.2) is 32.1 Å². The number of allylic oxidation sites excluding steroid dienone is 2. The second kappa shape index (κ2) is 12.6. The number of ether oxygens (including phenoxy) is 1. The molecule has 0 bridgehead atoms. The first kappa shape index (κ1) is 30.4. The third-order valence-corrected chi connectivity index (χ3v) is 4.88. The van der Waals surface area contributed by atoms with E-state index in [1.165, 1.54) is 0 Å². The van der Waals surface area contributed by atoms with Crippen molar-refractivity contribution in [1.82, 2.24) is 5.32 Å². The number of rotatable bonds is 7. The maximum atomic E-state index is 13.9. The molecular weight excluding hydrogens is 535 g/mol. The van der Waals surface area contributed by atoms with E-state index >= 15 is 0 Å². The van der Waals surface area contributed by atoms with Gasteiger partial charge in [-0.2, -0.15) is 26.3 Å². The lowest BCUT2D eigenvalue weighted by Crippen LogP contribution is -2.30. The minimum atomic E-state index is -5.40. The van der Waals surface area contributed by atoms with Gasteiger partial charge < -0.3 is 26.6 Å². The number of nitrogens with zero attached hydrogens (tertiary/aromatic N) is 1. The van der Waals surface area contributed by atoms with E-state index in [0.29, 0.717) is 17.2 Å². The number of halogens is 7. The van der Waals surface area contributed by atoms with Crippen LogP contribution in [0.1, 0.15) is 16.7 Å². The lowest BCUT2D eigenvalue weighted by atomic mass is 9.98. The van der Waals surface area contributed by atoms with E-state index in [4.69, 9.17) is 21.3 Å². The van der Waals surface area contributed by atoms with Crippen LogP contribution in [0.15, 0.2) is 54.4 Å². The summed E-state index contributed by atoms with van der Waals surface area (Å²) in [7, 11) is 1.10. The van der Waals surface area contributed by atoms with Crippen LogP contribution in [0.5, 0.6) is 5.75 Å². The summed E-state index contributed by atoms with van der Waals surface area (Å²) in [5.74, 6) is 3.05. The molecule has 0 saturated heterocycles. The van der Waals surface area contributed by atoms with Gasteiger partial charge in [0.2, 0.25) is 0 Å².